The highest BCUT2D eigenvalue weighted by molar-refractivity contribution is 6.03. The van der Waals surface area contributed by atoms with Crippen molar-refractivity contribution in [2.24, 2.45) is 10.2 Å². The van der Waals surface area contributed by atoms with Gasteiger partial charge in [0.2, 0.25) is 0 Å². The zero-order chi connectivity index (χ0) is 23.1. The number of carbonyl (C=O) groups is 2. The lowest BCUT2D eigenvalue weighted by Crippen LogP contribution is -2.22. The fourth-order valence-corrected chi connectivity index (χ4v) is 2.73. The summed E-state index contributed by atoms with van der Waals surface area (Å²) in [5.41, 5.74) is 6.85. The third-order valence-corrected chi connectivity index (χ3v) is 4.50. The molecule has 1 heterocycles. The lowest BCUT2D eigenvalue weighted by Gasteiger charge is -2.06. The van der Waals surface area contributed by atoms with Gasteiger partial charge in [0.05, 0.1) is 17.0 Å². The Morgan fingerprint density at radius 2 is 1.25 bits per heavy atom. The fraction of sp³-hybridized carbons (Fsp3) is 0.0870. The molecule has 0 aliphatic rings. The van der Waals surface area contributed by atoms with Gasteiger partial charge in [0.25, 0.3) is 11.8 Å². The van der Waals surface area contributed by atoms with Crippen molar-refractivity contribution in [3.63, 3.8) is 0 Å². The van der Waals surface area contributed by atoms with Gasteiger partial charge in [-0.1, -0.05) is 24.3 Å². The number of para-hydroxylation sites is 2. The van der Waals surface area contributed by atoms with Crippen molar-refractivity contribution < 1.29 is 19.8 Å². The predicted molar refractivity (Wildman–Crippen MR) is 120 cm³/mol. The minimum atomic E-state index is -0.569. The number of hydrogen-bond acceptors (Lipinski definition) is 7. The van der Waals surface area contributed by atoms with Crippen LogP contribution in [0.2, 0.25) is 0 Å². The third kappa shape index (κ3) is 5.33. The number of rotatable bonds is 6. The Balaban J connectivity index is 1.63. The summed E-state index contributed by atoms with van der Waals surface area (Å²) in [5.74, 6) is -0.981. The molecule has 0 aliphatic carbocycles. The van der Waals surface area contributed by atoms with Crippen LogP contribution in [-0.2, 0) is 0 Å². The molecular formula is C23H21N5O4. The Hall–Kier alpha value is -4.53. The van der Waals surface area contributed by atoms with E-state index in [2.05, 4.69) is 26.0 Å². The molecule has 0 radical (unpaired) electrons. The van der Waals surface area contributed by atoms with Crippen LogP contribution in [0.5, 0.6) is 11.5 Å². The maximum absolute atomic E-state index is 12.3. The van der Waals surface area contributed by atoms with Gasteiger partial charge in [-0.05, 0) is 50.2 Å². The average Bonchev–Trinajstić information content (AvgIpc) is 2.81. The standard InChI is InChI=1S/C23H21N5O4/c1-14(17-7-3-5-9-20(17)29)25-27-22(31)16-11-12-19(24-13-16)23(32)28-26-15(2)18-8-4-6-10-21(18)30/h3-13,29-30H,1-2H3,(H,27,31)(H,28,32). The van der Waals surface area contributed by atoms with Gasteiger partial charge in [0.1, 0.15) is 17.2 Å². The molecule has 3 rings (SSSR count). The SMILES string of the molecule is CC(=NNC(=O)c1ccc(C(=O)NN=C(C)c2ccccc2O)nc1)c1ccccc1O. The van der Waals surface area contributed by atoms with Crippen molar-refractivity contribution >= 4 is 23.2 Å². The molecule has 0 bridgehead atoms. The first-order valence-corrected chi connectivity index (χ1v) is 9.59. The zero-order valence-electron chi connectivity index (χ0n) is 17.4. The number of hydrogen-bond donors (Lipinski definition) is 4. The zero-order valence-corrected chi connectivity index (χ0v) is 17.4. The van der Waals surface area contributed by atoms with E-state index in [9.17, 15) is 19.8 Å². The van der Waals surface area contributed by atoms with E-state index < -0.39 is 11.8 Å². The van der Waals surface area contributed by atoms with E-state index in [-0.39, 0.29) is 22.8 Å². The Morgan fingerprint density at radius 3 is 1.72 bits per heavy atom. The molecule has 0 spiro atoms. The molecule has 32 heavy (non-hydrogen) atoms. The molecular weight excluding hydrogens is 410 g/mol. The molecule has 0 fully saturated rings. The van der Waals surface area contributed by atoms with Crippen LogP contribution >= 0.6 is 0 Å². The molecule has 2 aromatic carbocycles. The molecule has 162 valence electrons. The van der Waals surface area contributed by atoms with Gasteiger partial charge in [-0.3, -0.25) is 14.6 Å². The molecule has 0 aliphatic heterocycles. The van der Waals surface area contributed by atoms with E-state index in [1.165, 1.54) is 30.5 Å². The third-order valence-electron chi connectivity index (χ3n) is 4.50. The summed E-state index contributed by atoms with van der Waals surface area (Å²) in [7, 11) is 0. The second kappa shape index (κ2) is 9.98. The second-order valence-electron chi connectivity index (χ2n) is 6.74. The van der Waals surface area contributed by atoms with Gasteiger partial charge in [0, 0.05) is 17.3 Å². The largest absolute Gasteiger partial charge is 0.507 e. The van der Waals surface area contributed by atoms with E-state index in [0.29, 0.717) is 22.6 Å². The minimum Gasteiger partial charge on any atom is -0.507 e. The van der Waals surface area contributed by atoms with E-state index >= 15 is 0 Å². The summed E-state index contributed by atoms with van der Waals surface area (Å²) in [6.45, 7) is 3.30. The molecule has 0 unspecified atom stereocenters. The molecule has 4 N–H and O–H groups in total. The quantitative estimate of drug-likeness (QED) is 0.351. The van der Waals surface area contributed by atoms with Gasteiger partial charge in [-0.15, -0.1) is 0 Å². The van der Waals surface area contributed by atoms with Crippen molar-refractivity contribution in [1.29, 1.82) is 0 Å². The lowest BCUT2D eigenvalue weighted by molar-refractivity contribution is 0.0939. The van der Waals surface area contributed by atoms with Crippen LogP contribution in [0.1, 0.15) is 45.8 Å². The van der Waals surface area contributed by atoms with Crippen molar-refractivity contribution in [3.8, 4) is 11.5 Å². The maximum Gasteiger partial charge on any atom is 0.289 e. The van der Waals surface area contributed by atoms with Crippen molar-refractivity contribution in [2.75, 3.05) is 0 Å². The van der Waals surface area contributed by atoms with Crippen LogP contribution in [0.3, 0.4) is 0 Å². The smallest absolute Gasteiger partial charge is 0.289 e. The first-order chi connectivity index (χ1) is 15.4. The average molecular weight is 431 g/mol. The normalized spacial score (nSPS) is 11.7. The van der Waals surface area contributed by atoms with E-state index in [0.717, 1.165) is 0 Å². The van der Waals surface area contributed by atoms with Crippen molar-refractivity contribution in [1.82, 2.24) is 15.8 Å². The van der Waals surface area contributed by atoms with Gasteiger partial charge in [0.15, 0.2) is 0 Å². The van der Waals surface area contributed by atoms with Crippen LogP contribution in [0.15, 0.2) is 77.1 Å². The highest BCUT2D eigenvalue weighted by atomic mass is 16.3. The van der Waals surface area contributed by atoms with Gasteiger partial charge in [-0.2, -0.15) is 10.2 Å². The number of carbonyl (C=O) groups excluding carboxylic acids is 2. The first kappa shape index (κ1) is 22.2. The Morgan fingerprint density at radius 1 is 0.750 bits per heavy atom. The summed E-state index contributed by atoms with van der Waals surface area (Å²) in [6.07, 6.45) is 1.24. The topological polar surface area (TPSA) is 136 Å². The van der Waals surface area contributed by atoms with Crippen LogP contribution in [0.4, 0.5) is 0 Å². The molecule has 1 aromatic heterocycles. The number of nitrogens with one attached hydrogen (secondary N) is 2. The fourth-order valence-electron chi connectivity index (χ4n) is 2.73. The monoisotopic (exact) mass is 431 g/mol. The molecule has 2 amide bonds. The lowest BCUT2D eigenvalue weighted by atomic mass is 10.1. The number of benzene rings is 2. The molecule has 0 saturated carbocycles. The highest BCUT2D eigenvalue weighted by Gasteiger charge is 2.11. The molecule has 0 atom stereocenters. The summed E-state index contributed by atoms with van der Waals surface area (Å²) in [6, 6.07) is 16.1. The van der Waals surface area contributed by atoms with E-state index in [1.54, 1.807) is 50.2 Å². The summed E-state index contributed by atoms with van der Waals surface area (Å²) in [5, 5.41) is 27.6. The Labute approximate surface area is 184 Å². The Bertz CT molecular complexity index is 1110. The van der Waals surface area contributed by atoms with Gasteiger partial charge < -0.3 is 10.2 Å². The van der Waals surface area contributed by atoms with Crippen LogP contribution in [0, 0.1) is 0 Å². The van der Waals surface area contributed by atoms with E-state index in [1.807, 2.05) is 0 Å². The number of nitrogens with zero attached hydrogens (tertiary/aromatic N) is 3. The van der Waals surface area contributed by atoms with Crippen LogP contribution < -0.4 is 10.9 Å². The molecule has 3 aromatic rings. The van der Waals surface area contributed by atoms with Gasteiger partial charge >= 0.3 is 0 Å². The number of pyridine rings is 1. The van der Waals surface area contributed by atoms with Crippen LogP contribution in [0.25, 0.3) is 0 Å². The number of amides is 2. The van der Waals surface area contributed by atoms with Crippen LogP contribution in [-0.4, -0.2) is 38.4 Å². The molecule has 0 saturated heterocycles. The first-order valence-electron chi connectivity index (χ1n) is 9.59. The second-order valence-corrected chi connectivity index (χ2v) is 6.74. The summed E-state index contributed by atoms with van der Waals surface area (Å²) in [4.78, 5) is 28.5. The summed E-state index contributed by atoms with van der Waals surface area (Å²) >= 11 is 0. The minimum absolute atomic E-state index is 0.0526. The Kier molecular flexibility index (Phi) is 6.92. The highest BCUT2D eigenvalue weighted by Crippen LogP contribution is 2.17. The molecule has 9 nitrogen and oxygen atoms in total. The van der Waals surface area contributed by atoms with Gasteiger partial charge in [-0.25, -0.2) is 10.9 Å². The number of aromatic nitrogens is 1. The number of aromatic hydroxyl groups is 2. The van der Waals surface area contributed by atoms with Crippen molar-refractivity contribution in [2.45, 2.75) is 13.8 Å². The molecule has 9 heteroatoms. The maximum atomic E-state index is 12.3. The number of hydrazone groups is 2. The number of phenols is 2. The van der Waals surface area contributed by atoms with E-state index in [4.69, 9.17) is 0 Å². The predicted octanol–water partition coefficient (Wildman–Crippen LogP) is 2.80. The van der Waals surface area contributed by atoms with Crippen molar-refractivity contribution in [3.05, 3.63) is 89.2 Å². The number of phenolic OH excluding ortho intramolecular Hbond substituents is 2. The summed E-state index contributed by atoms with van der Waals surface area (Å²) < 4.78 is 0.